The van der Waals surface area contributed by atoms with Gasteiger partial charge in [-0.1, -0.05) is 12.2 Å². The van der Waals surface area contributed by atoms with Crippen LogP contribution in [0.5, 0.6) is 0 Å². The molecule has 0 spiro atoms. The van der Waals surface area contributed by atoms with Crippen LogP contribution in [0.1, 0.15) is 19.8 Å². The molecule has 23 heavy (non-hydrogen) atoms. The summed E-state index contributed by atoms with van der Waals surface area (Å²) in [5, 5.41) is 0. The van der Waals surface area contributed by atoms with Crippen molar-refractivity contribution in [3.05, 3.63) is 12.2 Å². The summed E-state index contributed by atoms with van der Waals surface area (Å²) in [4.78, 5) is 41.3. The highest BCUT2D eigenvalue weighted by Crippen LogP contribution is 2.49. The second-order valence-corrected chi connectivity index (χ2v) is 7.00. The van der Waals surface area contributed by atoms with Gasteiger partial charge in [0.05, 0.1) is 25.0 Å². The highest BCUT2D eigenvalue weighted by Gasteiger charge is 2.58. The predicted octanol–water partition coefficient (Wildman–Crippen LogP) is 0.431. The Morgan fingerprint density at radius 1 is 1.09 bits per heavy atom. The number of fused-ring (bicyclic) bond motifs is 1. The van der Waals surface area contributed by atoms with Gasteiger partial charge in [0.15, 0.2) is 0 Å². The molecule has 2 heterocycles. The van der Waals surface area contributed by atoms with Gasteiger partial charge in [-0.25, -0.2) is 0 Å². The standard InChI is InChI=1S/C17H22N2O4/c1-10(15(20)18-6-8-23-9-7-18)19-16(21)13-11-2-3-12(5-4-11)14(13)17(19)22/h2-3,10-14H,4-9H2,1H3/t10-,11+,12+,13-,14-/m1/s1. The molecule has 5 aliphatic rings. The average Bonchev–Trinajstić information content (AvgIpc) is 2.89. The van der Waals surface area contributed by atoms with E-state index in [-0.39, 0.29) is 41.4 Å². The van der Waals surface area contributed by atoms with E-state index in [4.69, 9.17) is 4.74 Å². The van der Waals surface area contributed by atoms with E-state index in [0.29, 0.717) is 26.3 Å². The van der Waals surface area contributed by atoms with Gasteiger partial charge in [0.1, 0.15) is 6.04 Å². The molecule has 3 aliphatic carbocycles. The number of allylic oxidation sites excluding steroid dienone is 2. The van der Waals surface area contributed by atoms with E-state index in [1.807, 2.05) is 0 Å². The third-order valence-corrected chi connectivity index (χ3v) is 5.86. The Kier molecular flexibility index (Phi) is 3.52. The van der Waals surface area contributed by atoms with E-state index in [0.717, 1.165) is 12.8 Å². The fourth-order valence-electron chi connectivity index (χ4n) is 4.64. The number of amides is 3. The number of imide groups is 1. The highest BCUT2D eigenvalue weighted by atomic mass is 16.5. The van der Waals surface area contributed by atoms with E-state index in [2.05, 4.69) is 12.2 Å². The third-order valence-electron chi connectivity index (χ3n) is 5.86. The van der Waals surface area contributed by atoms with Crippen LogP contribution in [0.25, 0.3) is 0 Å². The Morgan fingerprint density at radius 3 is 2.09 bits per heavy atom. The smallest absolute Gasteiger partial charge is 0.245 e. The number of hydrogen-bond acceptors (Lipinski definition) is 4. The molecule has 5 atom stereocenters. The molecule has 6 nitrogen and oxygen atoms in total. The van der Waals surface area contributed by atoms with Crippen molar-refractivity contribution in [2.24, 2.45) is 23.7 Å². The summed E-state index contributed by atoms with van der Waals surface area (Å²) < 4.78 is 5.26. The van der Waals surface area contributed by atoms with Gasteiger partial charge in [0.25, 0.3) is 0 Å². The normalized spacial score (nSPS) is 37.3. The van der Waals surface area contributed by atoms with E-state index < -0.39 is 6.04 Å². The topological polar surface area (TPSA) is 66.9 Å². The maximum Gasteiger partial charge on any atom is 0.245 e. The number of carbonyl (C=O) groups excluding carboxylic acids is 3. The summed E-state index contributed by atoms with van der Waals surface area (Å²) in [6.45, 7) is 3.76. The Labute approximate surface area is 135 Å². The van der Waals surface area contributed by atoms with Crippen LogP contribution in [-0.2, 0) is 19.1 Å². The number of likely N-dealkylation sites (tertiary alicyclic amines) is 1. The monoisotopic (exact) mass is 318 g/mol. The van der Waals surface area contributed by atoms with Crippen LogP contribution in [0.4, 0.5) is 0 Å². The van der Waals surface area contributed by atoms with Crippen molar-refractivity contribution < 1.29 is 19.1 Å². The molecule has 124 valence electrons. The SMILES string of the molecule is C[C@H](C(=O)N1CCOCC1)N1C(=O)[C@H]2[C@H](C1=O)[C@H]1C=C[C@H]2CC1. The Balaban J connectivity index is 1.56. The first-order chi connectivity index (χ1) is 11.1. The molecule has 2 saturated heterocycles. The maximum absolute atomic E-state index is 12.8. The van der Waals surface area contributed by atoms with Crippen molar-refractivity contribution in [3.8, 4) is 0 Å². The summed E-state index contributed by atoms with van der Waals surface area (Å²) >= 11 is 0. The van der Waals surface area contributed by atoms with E-state index in [1.54, 1.807) is 11.8 Å². The lowest BCUT2D eigenvalue weighted by atomic mass is 9.63. The van der Waals surface area contributed by atoms with Crippen LogP contribution in [0.2, 0.25) is 0 Å². The number of rotatable bonds is 2. The summed E-state index contributed by atoms with van der Waals surface area (Å²) in [6, 6.07) is -0.710. The summed E-state index contributed by atoms with van der Waals surface area (Å²) in [5.74, 6) is -0.595. The zero-order valence-corrected chi connectivity index (χ0v) is 13.3. The lowest BCUT2D eigenvalue weighted by molar-refractivity contribution is -0.152. The number of morpholine rings is 1. The summed E-state index contributed by atoms with van der Waals surface area (Å²) in [5.41, 5.74) is 0. The maximum atomic E-state index is 12.8. The Bertz CT molecular complexity index is 549. The molecule has 6 heteroatoms. The van der Waals surface area contributed by atoms with Gasteiger partial charge in [-0.15, -0.1) is 0 Å². The minimum Gasteiger partial charge on any atom is -0.378 e. The molecule has 0 unspecified atom stereocenters. The third kappa shape index (κ3) is 2.15. The molecule has 3 amide bonds. The fourth-order valence-corrected chi connectivity index (χ4v) is 4.64. The van der Waals surface area contributed by atoms with Gasteiger partial charge in [-0.3, -0.25) is 19.3 Å². The van der Waals surface area contributed by atoms with Gasteiger partial charge >= 0.3 is 0 Å². The van der Waals surface area contributed by atoms with Crippen molar-refractivity contribution in [1.29, 1.82) is 0 Å². The van der Waals surface area contributed by atoms with Crippen molar-refractivity contribution >= 4 is 17.7 Å². The molecule has 5 rings (SSSR count). The second-order valence-electron chi connectivity index (χ2n) is 7.00. The van der Waals surface area contributed by atoms with Crippen LogP contribution in [0.3, 0.4) is 0 Å². The molecule has 1 saturated carbocycles. The average molecular weight is 318 g/mol. The molecular formula is C17H22N2O4. The number of carbonyl (C=O) groups is 3. The van der Waals surface area contributed by atoms with Gasteiger partial charge in [0.2, 0.25) is 17.7 Å². The molecule has 3 fully saturated rings. The van der Waals surface area contributed by atoms with Gasteiger partial charge < -0.3 is 9.64 Å². The van der Waals surface area contributed by atoms with E-state index >= 15 is 0 Å². The zero-order valence-electron chi connectivity index (χ0n) is 13.3. The fraction of sp³-hybridized carbons (Fsp3) is 0.706. The molecule has 2 aliphatic heterocycles. The van der Waals surface area contributed by atoms with E-state index in [9.17, 15) is 14.4 Å². The quantitative estimate of drug-likeness (QED) is 0.547. The van der Waals surface area contributed by atoms with Crippen LogP contribution in [0.15, 0.2) is 12.2 Å². The number of hydrogen-bond donors (Lipinski definition) is 0. The summed E-state index contributed by atoms with van der Waals surface area (Å²) in [6.07, 6.45) is 6.14. The molecule has 0 N–H and O–H groups in total. The highest BCUT2D eigenvalue weighted by molar-refractivity contribution is 6.09. The largest absolute Gasteiger partial charge is 0.378 e. The van der Waals surface area contributed by atoms with Gasteiger partial charge in [-0.05, 0) is 31.6 Å². The van der Waals surface area contributed by atoms with E-state index in [1.165, 1.54) is 4.90 Å². The van der Waals surface area contributed by atoms with Crippen molar-refractivity contribution in [2.75, 3.05) is 26.3 Å². The lowest BCUT2D eigenvalue weighted by Gasteiger charge is -2.38. The van der Waals surface area contributed by atoms with Crippen LogP contribution < -0.4 is 0 Å². The van der Waals surface area contributed by atoms with Crippen molar-refractivity contribution in [2.45, 2.75) is 25.8 Å². The first-order valence-corrected chi connectivity index (χ1v) is 8.51. The molecule has 2 bridgehead atoms. The van der Waals surface area contributed by atoms with Gasteiger partial charge in [-0.2, -0.15) is 0 Å². The number of ether oxygens (including phenoxy) is 1. The van der Waals surface area contributed by atoms with Crippen LogP contribution in [-0.4, -0.2) is 59.9 Å². The molecule has 0 radical (unpaired) electrons. The Morgan fingerprint density at radius 2 is 1.61 bits per heavy atom. The number of nitrogens with zero attached hydrogens (tertiary/aromatic N) is 2. The van der Waals surface area contributed by atoms with Crippen molar-refractivity contribution in [3.63, 3.8) is 0 Å². The second kappa shape index (κ2) is 5.44. The predicted molar refractivity (Wildman–Crippen MR) is 81.0 cm³/mol. The molecule has 0 aromatic heterocycles. The molecule has 0 aromatic rings. The molecular weight excluding hydrogens is 296 g/mol. The minimum atomic E-state index is -0.710. The first kappa shape index (κ1) is 14.9. The van der Waals surface area contributed by atoms with Gasteiger partial charge in [0, 0.05) is 13.1 Å². The van der Waals surface area contributed by atoms with Crippen molar-refractivity contribution in [1.82, 2.24) is 9.80 Å². The Hall–Kier alpha value is -1.69. The molecule has 0 aromatic carbocycles. The first-order valence-electron chi connectivity index (χ1n) is 8.51. The summed E-state index contributed by atoms with van der Waals surface area (Å²) in [7, 11) is 0. The van der Waals surface area contributed by atoms with Crippen LogP contribution >= 0.6 is 0 Å². The lowest BCUT2D eigenvalue weighted by Crippen LogP contribution is -2.52. The minimum absolute atomic E-state index is 0.144. The van der Waals surface area contributed by atoms with Crippen LogP contribution in [0, 0.1) is 23.7 Å². The zero-order chi connectivity index (χ0) is 16.1.